The quantitative estimate of drug-likeness (QED) is 0.837. The Hall–Kier alpha value is -1.88. The van der Waals surface area contributed by atoms with E-state index in [2.05, 4.69) is 10.3 Å². The van der Waals surface area contributed by atoms with E-state index in [1.54, 1.807) is 6.07 Å². The van der Waals surface area contributed by atoms with Crippen LogP contribution in [0.4, 0.5) is 5.82 Å². The molecule has 0 spiro atoms. The third kappa shape index (κ3) is 2.18. The Morgan fingerprint density at radius 2 is 2.00 bits per heavy atom. The van der Waals surface area contributed by atoms with Gasteiger partial charge in [-0.2, -0.15) is 0 Å². The average Bonchev–Trinajstić information content (AvgIpc) is 2.98. The van der Waals surface area contributed by atoms with Crippen LogP contribution < -0.4 is 5.32 Å². The van der Waals surface area contributed by atoms with E-state index in [9.17, 15) is 14.7 Å². The van der Waals surface area contributed by atoms with Gasteiger partial charge >= 0.3 is 5.97 Å². The van der Waals surface area contributed by atoms with Crippen LogP contribution in [0.25, 0.3) is 0 Å². The van der Waals surface area contributed by atoms with Gasteiger partial charge in [-0.15, -0.1) is 0 Å². The summed E-state index contributed by atoms with van der Waals surface area (Å²) in [6.45, 7) is 0. The number of allylic oxidation sites excluding steroid dienone is 2. The zero-order valence-corrected chi connectivity index (χ0v) is 11.2. The molecule has 1 saturated carbocycles. The molecule has 2 aliphatic carbocycles. The van der Waals surface area contributed by atoms with Crippen molar-refractivity contribution in [2.75, 3.05) is 5.32 Å². The molecule has 0 aliphatic heterocycles. The van der Waals surface area contributed by atoms with E-state index in [4.69, 9.17) is 11.6 Å². The maximum absolute atomic E-state index is 12.3. The molecule has 0 aromatic carbocycles. The topological polar surface area (TPSA) is 79.3 Å². The normalized spacial score (nSPS) is 30.4. The first-order chi connectivity index (χ1) is 9.56. The van der Waals surface area contributed by atoms with Crippen molar-refractivity contribution in [2.24, 2.45) is 23.7 Å². The summed E-state index contributed by atoms with van der Waals surface area (Å²) in [5, 5.41) is 12.4. The number of carbonyl (C=O) groups is 2. The molecule has 20 heavy (non-hydrogen) atoms. The van der Waals surface area contributed by atoms with Gasteiger partial charge in [0.05, 0.1) is 11.8 Å². The molecule has 1 aromatic rings. The Bertz CT molecular complexity index is 602. The molecule has 104 valence electrons. The molecular formula is C14H13ClN2O3. The minimum atomic E-state index is -0.916. The monoisotopic (exact) mass is 292 g/mol. The Balaban J connectivity index is 1.80. The van der Waals surface area contributed by atoms with Crippen LogP contribution >= 0.6 is 11.6 Å². The number of amides is 1. The van der Waals surface area contributed by atoms with Crippen LogP contribution in [0.2, 0.25) is 5.02 Å². The molecule has 2 aliphatic rings. The van der Waals surface area contributed by atoms with Crippen molar-refractivity contribution in [2.45, 2.75) is 6.42 Å². The van der Waals surface area contributed by atoms with Crippen molar-refractivity contribution in [1.82, 2.24) is 4.98 Å². The lowest BCUT2D eigenvalue weighted by Gasteiger charge is -2.23. The highest BCUT2D eigenvalue weighted by Crippen LogP contribution is 2.48. The smallest absolute Gasteiger partial charge is 0.307 e. The molecule has 1 amide bonds. The number of anilines is 1. The molecule has 4 atom stereocenters. The van der Waals surface area contributed by atoms with E-state index in [0.29, 0.717) is 10.8 Å². The minimum Gasteiger partial charge on any atom is -0.481 e. The first kappa shape index (κ1) is 13.1. The molecule has 0 saturated heterocycles. The van der Waals surface area contributed by atoms with Crippen LogP contribution in [0.3, 0.4) is 0 Å². The standard InChI is InChI=1S/C14H13ClN2O3/c15-9-3-4-16-10(6-9)17-13(18)11-7-1-2-8(5-7)12(11)14(19)20/h1-4,6-8,11-12H,5H2,(H,19,20)(H,16,17,18)/t7?,8?,11-,12+/m0/s1. The van der Waals surface area contributed by atoms with Gasteiger partial charge in [0.25, 0.3) is 0 Å². The molecule has 6 heteroatoms. The Morgan fingerprint density at radius 3 is 2.65 bits per heavy atom. The molecule has 5 nitrogen and oxygen atoms in total. The van der Waals surface area contributed by atoms with E-state index in [1.165, 1.54) is 12.3 Å². The summed E-state index contributed by atoms with van der Waals surface area (Å²) in [4.78, 5) is 27.7. The van der Waals surface area contributed by atoms with Crippen molar-refractivity contribution in [3.8, 4) is 0 Å². The van der Waals surface area contributed by atoms with Crippen LogP contribution in [0.15, 0.2) is 30.5 Å². The van der Waals surface area contributed by atoms with E-state index >= 15 is 0 Å². The molecule has 2 bridgehead atoms. The van der Waals surface area contributed by atoms with Crippen LogP contribution in [0, 0.1) is 23.7 Å². The molecule has 1 aromatic heterocycles. The van der Waals surface area contributed by atoms with Crippen molar-refractivity contribution < 1.29 is 14.7 Å². The average molecular weight is 293 g/mol. The third-order valence-corrected chi connectivity index (χ3v) is 4.26. The molecule has 1 fully saturated rings. The van der Waals surface area contributed by atoms with Gasteiger partial charge in [-0.25, -0.2) is 4.98 Å². The highest BCUT2D eigenvalue weighted by Gasteiger charge is 2.51. The van der Waals surface area contributed by atoms with Gasteiger partial charge in [0.2, 0.25) is 5.91 Å². The van der Waals surface area contributed by atoms with Crippen LogP contribution in [0.5, 0.6) is 0 Å². The number of nitrogens with zero attached hydrogens (tertiary/aromatic N) is 1. The maximum atomic E-state index is 12.3. The van der Waals surface area contributed by atoms with Gasteiger partial charge < -0.3 is 10.4 Å². The van der Waals surface area contributed by atoms with Gasteiger partial charge in [0.15, 0.2) is 0 Å². The molecule has 2 N–H and O–H groups in total. The first-order valence-corrected chi connectivity index (χ1v) is 6.77. The summed E-state index contributed by atoms with van der Waals surface area (Å²) < 4.78 is 0. The lowest BCUT2D eigenvalue weighted by molar-refractivity contribution is -0.146. The fourth-order valence-electron chi connectivity index (χ4n) is 3.20. The number of carbonyl (C=O) groups excluding carboxylic acids is 1. The summed E-state index contributed by atoms with van der Waals surface area (Å²) >= 11 is 5.83. The molecule has 0 radical (unpaired) electrons. The maximum Gasteiger partial charge on any atom is 0.307 e. The Kier molecular flexibility index (Phi) is 3.22. The number of carboxylic acids is 1. The number of fused-ring (bicyclic) bond motifs is 2. The second-order valence-electron chi connectivity index (χ2n) is 5.19. The summed E-state index contributed by atoms with van der Waals surface area (Å²) in [6.07, 6.45) is 6.08. The number of halogens is 1. The number of aromatic nitrogens is 1. The lowest BCUT2D eigenvalue weighted by Crippen LogP contribution is -2.36. The fourth-order valence-corrected chi connectivity index (χ4v) is 3.36. The predicted molar refractivity (Wildman–Crippen MR) is 73.2 cm³/mol. The van der Waals surface area contributed by atoms with Crippen LogP contribution in [-0.2, 0) is 9.59 Å². The number of hydrogen-bond acceptors (Lipinski definition) is 3. The van der Waals surface area contributed by atoms with Crippen LogP contribution in [0.1, 0.15) is 6.42 Å². The summed E-state index contributed by atoms with van der Waals surface area (Å²) in [6, 6.07) is 3.15. The van der Waals surface area contributed by atoms with Gasteiger partial charge in [0.1, 0.15) is 5.82 Å². The highest BCUT2D eigenvalue weighted by molar-refractivity contribution is 6.30. The number of hydrogen-bond donors (Lipinski definition) is 2. The molecule has 2 unspecified atom stereocenters. The first-order valence-electron chi connectivity index (χ1n) is 6.40. The van der Waals surface area contributed by atoms with Crippen molar-refractivity contribution >= 4 is 29.3 Å². The number of rotatable bonds is 3. The molecular weight excluding hydrogens is 280 g/mol. The van der Waals surface area contributed by atoms with E-state index in [0.717, 1.165) is 6.42 Å². The van der Waals surface area contributed by atoms with Crippen LogP contribution in [-0.4, -0.2) is 22.0 Å². The summed E-state index contributed by atoms with van der Waals surface area (Å²) in [5.41, 5.74) is 0. The number of carboxylic acid groups (broad SMARTS) is 1. The minimum absolute atomic E-state index is 0.000263. The zero-order valence-electron chi connectivity index (χ0n) is 10.5. The third-order valence-electron chi connectivity index (χ3n) is 4.02. The highest BCUT2D eigenvalue weighted by atomic mass is 35.5. The van der Waals surface area contributed by atoms with E-state index in [-0.39, 0.29) is 17.7 Å². The summed E-state index contributed by atoms with van der Waals surface area (Å²) in [7, 11) is 0. The lowest BCUT2D eigenvalue weighted by atomic mass is 9.82. The van der Waals surface area contributed by atoms with Crippen molar-refractivity contribution in [1.29, 1.82) is 0 Å². The molecule has 1 heterocycles. The Morgan fingerprint density at radius 1 is 1.30 bits per heavy atom. The number of nitrogens with one attached hydrogen (secondary N) is 1. The van der Waals surface area contributed by atoms with Gasteiger partial charge in [0, 0.05) is 11.2 Å². The number of aliphatic carboxylic acids is 1. The Labute approximate surface area is 120 Å². The second kappa shape index (κ2) is 4.90. The number of pyridine rings is 1. The van der Waals surface area contributed by atoms with Crippen molar-refractivity contribution in [3.63, 3.8) is 0 Å². The largest absolute Gasteiger partial charge is 0.481 e. The zero-order chi connectivity index (χ0) is 14.3. The van der Waals surface area contributed by atoms with Gasteiger partial charge in [-0.1, -0.05) is 23.8 Å². The summed E-state index contributed by atoms with van der Waals surface area (Å²) in [5.74, 6) is -2.10. The van der Waals surface area contributed by atoms with E-state index in [1.807, 2.05) is 12.2 Å². The second-order valence-corrected chi connectivity index (χ2v) is 5.62. The predicted octanol–water partition coefficient (Wildman–Crippen LogP) is 2.20. The van der Waals surface area contributed by atoms with E-state index < -0.39 is 17.8 Å². The van der Waals surface area contributed by atoms with Gasteiger partial charge in [-0.05, 0) is 30.4 Å². The molecule has 3 rings (SSSR count). The van der Waals surface area contributed by atoms with Crippen molar-refractivity contribution in [3.05, 3.63) is 35.5 Å². The SMILES string of the molecule is O=C(O)[C@@H]1C2C=CC(C2)[C@@H]1C(=O)Nc1cc(Cl)ccn1. The van der Waals surface area contributed by atoms with Gasteiger partial charge in [-0.3, -0.25) is 9.59 Å². The fraction of sp³-hybridized carbons (Fsp3) is 0.357.